The van der Waals surface area contributed by atoms with Crippen LogP contribution < -0.4 is 5.32 Å². The van der Waals surface area contributed by atoms with Crippen LogP contribution in [0, 0.1) is 6.92 Å². The largest absolute Gasteiger partial charge is 0.467 e. The summed E-state index contributed by atoms with van der Waals surface area (Å²) >= 11 is 0. The van der Waals surface area contributed by atoms with E-state index < -0.39 is 0 Å². The summed E-state index contributed by atoms with van der Waals surface area (Å²) in [5, 5.41) is 5.80. The molecule has 22 heavy (non-hydrogen) atoms. The van der Waals surface area contributed by atoms with Gasteiger partial charge in [0.25, 0.3) is 0 Å². The van der Waals surface area contributed by atoms with Gasteiger partial charge in [-0.1, -0.05) is 36.4 Å². The molecule has 0 unspecified atom stereocenters. The van der Waals surface area contributed by atoms with Gasteiger partial charge in [0.05, 0.1) is 29.5 Å². The highest BCUT2D eigenvalue weighted by atomic mass is 16.3. The van der Waals surface area contributed by atoms with Gasteiger partial charge >= 0.3 is 0 Å². The number of nitrogens with zero attached hydrogens (tertiary/aromatic N) is 1. The number of anilines is 1. The summed E-state index contributed by atoms with van der Waals surface area (Å²) in [4.78, 5) is 4.82. The summed E-state index contributed by atoms with van der Waals surface area (Å²) in [7, 11) is 0. The van der Waals surface area contributed by atoms with E-state index in [-0.39, 0.29) is 0 Å². The van der Waals surface area contributed by atoms with E-state index in [1.54, 1.807) is 6.26 Å². The molecular formula is C19H16N2O. The van der Waals surface area contributed by atoms with E-state index in [0.29, 0.717) is 6.54 Å². The van der Waals surface area contributed by atoms with Crippen molar-refractivity contribution in [3.63, 3.8) is 0 Å². The Hall–Kier alpha value is -2.81. The van der Waals surface area contributed by atoms with Crippen LogP contribution in [0.1, 0.15) is 11.3 Å². The van der Waals surface area contributed by atoms with Crippen LogP contribution in [-0.2, 0) is 6.54 Å². The summed E-state index contributed by atoms with van der Waals surface area (Å²) in [6.45, 7) is 2.75. The number of pyridine rings is 1. The zero-order valence-corrected chi connectivity index (χ0v) is 12.3. The standard InChI is InChI=1S/C19H16N2O/c1-13-6-4-9-16-18(13)21-17-10-3-2-8-15(17)19(16)20-12-14-7-5-11-22-14/h2-11H,12H2,1H3,(H,20,21). The minimum atomic E-state index is 0.657. The van der Waals surface area contributed by atoms with Gasteiger partial charge in [-0.25, -0.2) is 4.98 Å². The lowest BCUT2D eigenvalue weighted by atomic mass is 10.0. The molecule has 0 aliphatic heterocycles. The number of hydrogen-bond donors (Lipinski definition) is 1. The highest BCUT2D eigenvalue weighted by molar-refractivity contribution is 6.08. The molecular weight excluding hydrogens is 272 g/mol. The first-order chi connectivity index (χ1) is 10.8. The Morgan fingerprint density at radius 2 is 1.82 bits per heavy atom. The van der Waals surface area contributed by atoms with E-state index in [2.05, 4.69) is 42.6 Å². The number of aromatic nitrogens is 1. The molecule has 2 aromatic heterocycles. The monoisotopic (exact) mass is 288 g/mol. The molecule has 0 aliphatic rings. The van der Waals surface area contributed by atoms with Gasteiger partial charge in [-0.2, -0.15) is 0 Å². The molecule has 108 valence electrons. The first-order valence-corrected chi connectivity index (χ1v) is 7.37. The third-order valence-electron chi connectivity index (χ3n) is 3.93. The number of furan rings is 1. The molecule has 2 heterocycles. The predicted molar refractivity (Wildman–Crippen MR) is 90.0 cm³/mol. The van der Waals surface area contributed by atoms with Crippen molar-refractivity contribution in [1.29, 1.82) is 0 Å². The molecule has 0 atom stereocenters. The molecule has 0 fully saturated rings. The maximum atomic E-state index is 5.42. The van der Waals surface area contributed by atoms with Crippen LogP contribution in [0.5, 0.6) is 0 Å². The molecule has 0 amide bonds. The maximum Gasteiger partial charge on any atom is 0.122 e. The Bertz CT molecular complexity index is 942. The first-order valence-electron chi connectivity index (χ1n) is 7.37. The molecule has 3 nitrogen and oxygen atoms in total. The van der Waals surface area contributed by atoms with Gasteiger partial charge in [0.15, 0.2) is 0 Å². The van der Waals surface area contributed by atoms with Crippen molar-refractivity contribution < 1.29 is 4.42 Å². The van der Waals surface area contributed by atoms with Crippen LogP contribution in [0.2, 0.25) is 0 Å². The lowest BCUT2D eigenvalue weighted by Crippen LogP contribution is -2.01. The maximum absolute atomic E-state index is 5.42. The van der Waals surface area contributed by atoms with E-state index in [9.17, 15) is 0 Å². The minimum Gasteiger partial charge on any atom is -0.467 e. The van der Waals surface area contributed by atoms with Crippen molar-refractivity contribution in [2.75, 3.05) is 5.32 Å². The summed E-state index contributed by atoms with van der Waals surface area (Å²) < 4.78 is 5.42. The van der Waals surface area contributed by atoms with Crippen molar-refractivity contribution in [3.05, 3.63) is 72.2 Å². The number of aryl methyl sites for hydroxylation is 1. The number of rotatable bonds is 3. The van der Waals surface area contributed by atoms with Gasteiger partial charge < -0.3 is 9.73 Å². The Kier molecular flexibility index (Phi) is 3.04. The lowest BCUT2D eigenvalue weighted by Gasteiger charge is -2.13. The van der Waals surface area contributed by atoms with Crippen LogP contribution in [0.4, 0.5) is 5.69 Å². The number of nitrogens with one attached hydrogen (secondary N) is 1. The summed E-state index contributed by atoms with van der Waals surface area (Å²) in [6.07, 6.45) is 1.70. The quantitative estimate of drug-likeness (QED) is 0.545. The molecule has 2 aromatic carbocycles. The molecule has 4 aromatic rings. The van der Waals surface area contributed by atoms with Crippen LogP contribution >= 0.6 is 0 Å². The van der Waals surface area contributed by atoms with Gasteiger partial charge in [-0.3, -0.25) is 0 Å². The Labute approximate surface area is 128 Å². The Morgan fingerprint density at radius 3 is 2.68 bits per heavy atom. The normalized spacial score (nSPS) is 11.1. The predicted octanol–water partition coefficient (Wildman–Crippen LogP) is 4.90. The van der Waals surface area contributed by atoms with Crippen molar-refractivity contribution in [3.8, 4) is 0 Å². The van der Waals surface area contributed by atoms with E-state index in [1.807, 2.05) is 24.3 Å². The van der Waals surface area contributed by atoms with Crippen molar-refractivity contribution in [2.24, 2.45) is 0 Å². The minimum absolute atomic E-state index is 0.657. The SMILES string of the molecule is Cc1cccc2c(NCc3ccco3)c3ccccc3nc12. The lowest BCUT2D eigenvalue weighted by molar-refractivity contribution is 0.518. The second-order valence-electron chi connectivity index (χ2n) is 5.41. The first kappa shape index (κ1) is 12.9. The third-order valence-corrected chi connectivity index (χ3v) is 3.93. The topological polar surface area (TPSA) is 38.1 Å². The fraction of sp³-hybridized carbons (Fsp3) is 0.105. The molecule has 0 aliphatic carbocycles. The zero-order chi connectivity index (χ0) is 14.9. The van der Waals surface area contributed by atoms with Crippen LogP contribution in [0.15, 0.2) is 65.3 Å². The molecule has 4 rings (SSSR count). The van der Waals surface area contributed by atoms with Crippen molar-refractivity contribution in [1.82, 2.24) is 4.98 Å². The number of fused-ring (bicyclic) bond motifs is 2. The fourth-order valence-electron chi connectivity index (χ4n) is 2.84. The van der Waals surface area contributed by atoms with Crippen LogP contribution in [0.3, 0.4) is 0 Å². The van der Waals surface area contributed by atoms with Gasteiger partial charge in [0.2, 0.25) is 0 Å². The van der Waals surface area contributed by atoms with Gasteiger partial charge in [0, 0.05) is 10.8 Å². The molecule has 0 radical (unpaired) electrons. The van der Waals surface area contributed by atoms with E-state index >= 15 is 0 Å². The van der Waals surface area contributed by atoms with E-state index in [1.165, 1.54) is 5.56 Å². The summed E-state index contributed by atoms with van der Waals surface area (Å²) in [5.74, 6) is 0.918. The number of benzene rings is 2. The van der Waals surface area contributed by atoms with E-state index in [0.717, 1.165) is 33.3 Å². The van der Waals surface area contributed by atoms with Gasteiger partial charge in [0.1, 0.15) is 5.76 Å². The third kappa shape index (κ3) is 2.11. The number of para-hydroxylation sites is 2. The second kappa shape index (κ2) is 5.19. The van der Waals surface area contributed by atoms with Crippen LogP contribution in [0.25, 0.3) is 21.8 Å². The average Bonchev–Trinajstić information content (AvgIpc) is 3.06. The zero-order valence-electron chi connectivity index (χ0n) is 12.3. The highest BCUT2D eigenvalue weighted by Gasteiger charge is 2.10. The average molecular weight is 288 g/mol. The van der Waals surface area contributed by atoms with Crippen molar-refractivity contribution in [2.45, 2.75) is 13.5 Å². The molecule has 0 bridgehead atoms. The van der Waals surface area contributed by atoms with Crippen LogP contribution in [-0.4, -0.2) is 4.98 Å². The molecule has 3 heteroatoms. The highest BCUT2D eigenvalue weighted by Crippen LogP contribution is 2.32. The smallest absolute Gasteiger partial charge is 0.122 e. The fourth-order valence-corrected chi connectivity index (χ4v) is 2.84. The molecule has 0 saturated carbocycles. The molecule has 0 spiro atoms. The molecule has 0 saturated heterocycles. The second-order valence-corrected chi connectivity index (χ2v) is 5.41. The summed E-state index contributed by atoms with van der Waals surface area (Å²) in [6, 6.07) is 18.4. The van der Waals surface area contributed by atoms with E-state index in [4.69, 9.17) is 9.40 Å². The van der Waals surface area contributed by atoms with Crippen molar-refractivity contribution >= 4 is 27.5 Å². The molecule has 1 N–H and O–H groups in total. The Balaban J connectivity index is 1.93. The van der Waals surface area contributed by atoms with Gasteiger partial charge in [-0.05, 0) is 30.7 Å². The van der Waals surface area contributed by atoms with Gasteiger partial charge in [-0.15, -0.1) is 0 Å². The summed E-state index contributed by atoms with van der Waals surface area (Å²) in [5.41, 5.74) is 4.35. The number of hydrogen-bond acceptors (Lipinski definition) is 3. The Morgan fingerprint density at radius 1 is 0.955 bits per heavy atom.